The minimum absolute atomic E-state index is 0.0248. The summed E-state index contributed by atoms with van der Waals surface area (Å²) >= 11 is 0. The summed E-state index contributed by atoms with van der Waals surface area (Å²) in [4.78, 5) is 28.1. The maximum absolute atomic E-state index is 12.8. The molecule has 1 rings (SSSR count). The third-order valence-electron chi connectivity index (χ3n) is 3.60. The molecule has 2 amide bonds. The highest BCUT2D eigenvalue weighted by molar-refractivity contribution is 5.97. The maximum atomic E-state index is 12.8. The lowest BCUT2D eigenvalue weighted by molar-refractivity contribution is -0.130. The van der Waals surface area contributed by atoms with Gasteiger partial charge in [-0.3, -0.25) is 9.69 Å². The van der Waals surface area contributed by atoms with Crippen molar-refractivity contribution in [3.05, 3.63) is 23.9 Å². The molecule has 1 heterocycles. The normalized spacial score (nSPS) is 17.4. The van der Waals surface area contributed by atoms with Crippen molar-refractivity contribution in [3.63, 3.8) is 0 Å². The summed E-state index contributed by atoms with van der Waals surface area (Å²) in [6.07, 6.45) is 3.93. The molecule has 138 valence electrons. The summed E-state index contributed by atoms with van der Waals surface area (Å²) in [7, 11) is 0. The molecule has 0 spiro atoms. The maximum Gasteiger partial charge on any atom is 0.415 e. The van der Waals surface area contributed by atoms with E-state index in [1.807, 2.05) is 54.5 Å². The lowest BCUT2D eigenvalue weighted by atomic mass is 9.99. The molecule has 0 radical (unpaired) electrons. The lowest BCUT2D eigenvalue weighted by Crippen LogP contribution is -2.44. The molecule has 6 nitrogen and oxygen atoms in total. The molecule has 0 saturated heterocycles. The zero-order valence-corrected chi connectivity index (χ0v) is 16.2. The molecule has 25 heavy (non-hydrogen) atoms. The zero-order chi connectivity index (χ0) is 19.4. The molecule has 6 heteroatoms. The highest BCUT2D eigenvalue weighted by atomic mass is 16.6. The first-order chi connectivity index (χ1) is 11.5. The molecule has 0 saturated carbocycles. The first-order valence-corrected chi connectivity index (χ1v) is 8.55. The van der Waals surface area contributed by atoms with Crippen LogP contribution in [-0.4, -0.2) is 46.5 Å². The number of amides is 2. The Hall–Kier alpha value is -2.29. The Balaban J connectivity index is 3.04. The van der Waals surface area contributed by atoms with E-state index in [1.165, 1.54) is 11.1 Å². The first kappa shape index (κ1) is 20.8. The third kappa shape index (κ3) is 5.63. The van der Waals surface area contributed by atoms with E-state index in [0.29, 0.717) is 5.57 Å². The van der Waals surface area contributed by atoms with Gasteiger partial charge in [-0.05, 0) is 45.3 Å². The van der Waals surface area contributed by atoms with Crippen LogP contribution in [0.1, 0.15) is 48.5 Å². The first-order valence-electron chi connectivity index (χ1n) is 8.55. The van der Waals surface area contributed by atoms with Gasteiger partial charge in [0.2, 0.25) is 0 Å². The molecule has 0 aromatic carbocycles. The molecule has 0 fully saturated rings. The van der Waals surface area contributed by atoms with Crippen LogP contribution in [0, 0.1) is 16.7 Å². The zero-order valence-electron chi connectivity index (χ0n) is 16.2. The molecular weight excluding hydrogens is 318 g/mol. The van der Waals surface area contributed by atoms with E-state index >= 15 is 0 Å². The summed E-state index contributed by atoms with van der Waals surface area (Å²) < 4.78 is 5.29. The number of rotatable bonds is 4. The van der Waals surface area contributed by atoms with E-state index in [9.17, 15) is 14.9 Å². The van der Waals surface area contributed by atoms with E-state index < -0.39 is 12.1 Å². The number of ether oxygens (including phenoxy) is 1. The van der Waals surface area contributed by atoms with Crippen molar-refractivity contribution in [2.45, 2.75) is 66.6 Å². The molecule has 0 aromatic rings. The van der Waals surface area contributed by atoms with Crippen molar-refractivity contribution >= 4 is 12.0 Å². The average molecular weight is 347 g/mol. The standard InChI is InChI=1S/C19H29N3O3/c1-13(2)22(14(3)4)17(23)15-8-9-16(10-20)21(11-15)18(24)25-12-19(5,6)7/h8-9,11,13-14,16H,12H2,1-7H3/t16-/m0/s1. The van der Waals surface area contributed by atoms with E-state index in [0.717, 1.165) is 0 Å². The Morgan fingerprint density at radius 3 is 2.28 bits per heavy atom. The molecule has 0 unspecified atom stereocenters. The molecule has 1 aliphatic rings. The largest absolute Gasteiger partial charge is 0.449 e. The van der Waals surface area contributed by atoms with Crippen LogP contribution in [0.4, 0.5) is 4.79 Å². The number of carbonyl (C=O) groups excluding carboxylic acids is 2. The van der Waals surface area contributed by atoms with Gasteiger partial charge in [0, 0.05) is 18.3 Å². The van der Waals surface area contributed by atoms with E-state index in [1.54, 1.807) is 17.1 Å². The van der Waals surface area contributed by atoms with Crippen molar-refractivity contribution in [1.82, 2.24) is 9.80 Å². The Labute approximate surface area is 150 Å². The Bertz CT molecular complexity index is 598. The van der Waals surface area contributed by atoms with Crippen LogP contribution in [0.15, 0.2) is 23.9 Å². The van der Waals surface area contributed by atoms with E-state index in [4.69, 9.17) is 4.74 Å². The van der Waals surface area contributed by atoms with Crippen LogP contribution in [0.5, 0.6) is 0 Å². The predicted molar refractivity (Wildman–Crippen MR) is 96.4 cm³/mol. The minimum Gasteiger partial charge on any atom is -0.449 e. The van der Waals surface area contributed by atoms with Crippen LogP contribution in [0.25, 0.3) is 0 Å². The van der Waals surface area contributed by atoms with Gasteiger partial charge in [-0.25, -0.2) is 4.79 Å². The second kappa shape index (κ2) is 8.19. The van der Waals surface area contributed by atoms with E-state index in [2.05, 4.69) is 0 Å². The fourth-order valence-electron chi connectivity index (χ4n) is 2.53. The summed E-state index contributed by atoms with van der Waals surface area (Å²) in [6.45, 7) is 13.9. The Kier molecular flexibility index (Phi) is 6.80. The smallest absolute Gasteiger partial charge is 0.415 e. The summed E-state index contributed by atoms with van der Waals surface area (Å²) in [5.74, 6) is -0.175. The van der Waals surface area contributed by atoms with Crippen LogP contribution in [0.2, 0.25) is 0 Å². The van der Waals surface area contributed by atoms with Crippen LogP contribution < -0.4 is 0 Å². The van der Waals surface area contributed by atoms with Gasteiger partial charge in [0.15, 0.2) is 0 Å². The highest BCUT2D eigenvalue weighted by Crippen LogP contribution is 2.20. The van der Waals surface area contributed by atoms with Crippen molar-refractivity contribution in [3.8, 4) is 6.07 Å². The third-order valence-corrected chi connectivity index (χ3v) is 3.60. The van der Waals surface area contributed by atoms with Gasteiger partial charge in [-0.15, -0.1) is 0 Å². The van der Waals surface area contributed by atoms with Gasteiger partial charge >= 0.3 is 6.09 Å². The second-order valence-corrected chi connectivity index (χ2v) is 7.94. The Morgan fingerprint density at radius 2 is 1.84 bits per heavy atom. The Morgan fingerprint density at radius 1 is 1.28 bits per heavy atom. The molecule has 1 aliphatic heterocycles. The van der Waals surface area contributed by atoms with Crippen molar-refractivity contribution in [2.24, 2.45) is 5.41 Å². The minimum atomic E-state index is -0.782. The van der Waals surface area contributed by atoms with Crippen molar-refractivity contribution in [2.75, 3.05) is 6.61 Å². The van der Waals surface area contributed by atoms with Crippen molar-refractivity contribution < 1.29 is 14.3 Å². The van der Waals surface area contributed by atoms with Gasteiger partial charge in [0.05, 0.1) is 18.2 Å². The van der Waals surface area contributed by atoms with Crippen LogP contribution in [-0.2, 0) is 9.53 Å². The number of carbonyl (C=O) groups is 2. The quantitative estimate of drug-likeness (QED) is 0.780. The molecular formula is C19H29N3O3. The summed E-state index contributed by atoms with van der Waals surface area (Å²) in [5, 5.41) is 9.27. The van der Waals surface area contributed by atoms with Crippen LogP contribution >= 0.6 is 0 Å². The number of nitriles is 1. The SMILES string of the molecule is CC(C)N(C(=O)C1=CN(C(=O)OCC(C)(C)C)[C@H](C#N)C=C1)C(C)C. The highest BCUT2D eigenvalue weighted by Gasteiger charge is 2.30. The van der Waals surface area contributed by atoms with Gasteiger partial charge in [-0.2, -0.15) is 5.26 Å². The van der Waals surface area contributed by atoms with Gasteiger partial charge < -0.3 is 9.64 Å². The molecule has 0 aromatic heterocycles. The van der Waals surface area contributed by atoms with Crippen LogP contribution in [0.3, 0.4) is 0 Å². The second-order valence-electron chi connectivity index (χ2n) is 7.94. The van der Waals surface area contributed by atoms with Gasteiger partial charge in [0.1, 0.15) is 6.04 Å². The number of nitrogens with zero attached hydrogens (tertiary/aromatic N) is 3. The van der Waals surface area contributed by atoms with Crippen molar-refractivity contribution in [1.29, 1.82) is 5.26 Å². The lowest BCUT2D eigenvalue weighted by Gasteiger charge is -2.33. The van der Waals surface area contributed by atoms with E-state index in [-0.39, 0.29) is 30.0 Å². The molecule has 0 bridgehead atoms. The number of hydrogen-bond acceptors (Lipinski definition) is 4. The molecule has 1 atom stereocenters. The fraction of sp³-hybridized carbons (Fsp3) is 0.632. The average Bonchev–Trinajstić information content (AvgIpc) is 2.50. The molecule has 0 aliphatic carbocycles. The monoisotopic (exact) mass is 347 g/mol. The van der Waals surface area contributed by atoms with Gasteiger partial charge in [0.25, 0.3) is 5.91 Å². The summed E-state index contributed by atoms with van der Waals surface area (Å²) in [5.41, 5.74) is 0.180. The fourth-order valence-corrected chi connectivity index (χ4v) is 2.53. The number of hydrogen-bond donors (Lipinski definition) is 0. The van der Waals surface area contributed by atoms with Gasteiger partial charge in [-0.1, -0.05) is 20.8 Å². The predicted octanol–water partition coefficient (Wildman–Crippen LogP) is 3.46. The molecule has 0 N–H and O–H groups in total. The topological polar surface area (TPSA) is 73.6 Å². The summed E-state index contributed by atoms with van der Waals surface area (Å²) in [6, 6.07) is 1.30.